The molecule has 0 bridgehead atoms. The van der Waals surface area contributed by atoms with Crippen molar-refractivity contribution in [1.82, 2.24) is 4.98 Å². The van der Waals surface area contributed by atoms with Crippen LogP contribution in [0.25, 0.3) is 5.57 Å². The van der Waals surface area contributed by atoms with Crippen LogP contribution in [0.2, 0.25) is 0 Å². The van der Waals surface area contributed by atoms with Crippen LogP contribution >= 0.6 is 0 Å². The minimum atomic E-state index is -1.71. The molecule has 0 N–H and O–H groups in total. The molecule has 208 valence electrons. The first kappa shape index (κ1) is 28.6. The summed E-state index contributed by atoms with van der Waals surface area (Å²) in [7, 11) is 1.16. The number of ketones is 2. The molecule has 0 spiro atoms. The smallest absolute Gasteiger partial charge is 0.302 e. The maximum Gasteiger partial charge on any atom is 0.302 e. The fraction of sp³-hybridized carbons (Fsp3) is 0.241. The molecule has 1 atom stereocenters. The predicted molar refractivity (Wildman–Crippen MR) is 144 cm³/mol. The van der Waals surface area contributed by atoms with E-state index in [0.717, 1.165) is 0 Å². The summed E-state index contributed by atoms with van der Waals surface area (Å²) >= 11 is 0. The largest absolute Gasteiger partial charge is 0.494 e. The van der Waals surface area contributed by atoms with Gasteiger partial charge in [-0.1, -0.05) is 12.1 Å². The van der Waals surface area contributed by atoms with Crippen molar-refractivity contribution in [1.29, 1.82) is 0 Å². The van der Waals surface area contributed by atoms with Crippen LogP contribution in [-0.4, -0.2) is 54.2 Å². The number of pyridine rings is 1. The van der Waals surface area contributed by atoms with E-state index in [9.17, 15) is 23.0 Å². The van der Waals surface area contributed by atoms with Gasteiger partial charge in [0.15, 0.2) is 23.1 Å². The molecule has 1 aromatic heterocycles. The molecule has 0 radical (unpaired) electrons. The topological polar surface area (TPSA) is 118 Å². The van der Waals surface area contributed by atoms with Crippen molar-refractivity contribution in [3.63, 3.8) is 0 Å². The lowest BCUT2D eigenvalue weighted by Gasteiger charge is -2.12. The first-order chi connectivity index (χ1) is 19.2. The summed E-state index contributed by atoms with van der Waals surface area (Å²) in [5.41, 5.74) is 1.49. The van der Waals surface area contributed by atoms with Crippen LogP contribution in [0.5, 0.6) is 17.2 Å². The zero-order valence-corrected chi connectivity index (χ0v) is 22.8. The Hall–Kier alpha value is -4.38. The fourth-order valence-electron chi connectivity index (χ4n) is 4.09. The number of hydrogen-bond acceptors (Lipinski definition) is 9. The van der Waals surface area contributed by atoms with E-state index in [1.807, 2.05) is 0 Å². The van der Waals surface area contributed by atoms with E-state index in [1.165, 1.54) is 50.8 Å². The number of benzene rings is 2. The number of esters is 1. The van der Waals surface area contributed by atoms with Gasteiger partial charge in [-0.2, -0.15) is 0 Å². The van der Waals surface area contributed by atoms with E-state index >= 15 is 0 Å². The number of carbonyl (C=O) groups is 3. The Morgan fingerprint density at radius 2 is 1.62 bits per heavy atom. The van der Waals surface area contributed by atoms with Crippen LogP contribution in [0.3, 0.4) is 0 Å². The van der Waals surface area contributed by atoms with Gasteiger partial charge in [-0.05, 0) is 36.4 Å². The lowest BCUT2D eigenvalue weighted by molar-refractivity contribution is -0.141. The lowest BCUT2D eigenvalue weighted by atomic mass is 10.0. The zero-order chi connectivity index (χ0) is 28.8. The molecule has 40 heavy (non-hydrogen) atoms. The molecule has 3 aromatic rings. The molecule has 2 heterocycles. The number of carbonyl (C=O) groups excluding carboxylic acids is 3. The molecule has 1 unspecified atom stereocenters. The molecule has 0 aliphatic carbocycles. The Labute approximate surface area is 232 Å². The lowest BCUT2D eigenvalue weighted by Crippen LogP contribution is -2.11. The van der Waals surface area contributed by atoms with Crippen molar-refractivity contribution in [3.8, 4) is 17.2 Å². The molecule has 0 amide bonds. The highest BCUT2D eigenvalue weighted by molar-refractivity contribution is 7.88. The second-order valence-electron chi connectivity index (χ2n) is 8.59. The zero-order valence-electron chi connectivity index (χ0n) is 22.0. The van der Waals surface area contributed by atoms with Crippen molar-refractivity contribution in [2.24, 2.45) is 0 Å². The second kappa shape index (κ2) is 12.6. The Kier molecular flexibility index (Phi) is 9.05. The van der Waals surface area contributed by atoms with Gasteiger partial charge >= 0.3 is 5.97 Å². The molecule has 1 aliphatic rings. The van der Waals surface area contributed by atoms with Gasteiger partial charge in [-0.15, -0.1) is 0 Å². The number of nitrogens with zero attached hydrogens (tertiary/aromatic N) is 1. The molecule has 11 heteroatoms. The molecular formula is C29H26FNO8S. The molecular weight excluding hydrogens is 541 g/mol. The summed E-state index contributed by atoms with van der Waals surface area (Å²) in [6, 6.07) is 12.1. The number of aromatic nitrogens is 1. The van der Waals surface area contributed by atoms with Crippen molar-refractivity contribution in [2.75, 3.05) is 27.4 Å². The Bertz CT molecular complexity index is 1530. The average Bonchev–Trinajstić information content (AvgIpc) is 3.30. The molecule has 0 saturated heterocycles. The molecule has 0 fully saturated rings. The summed E-state index contributed by atoms with van der Waals surface area (Å²) < 4.78 is 47.9. The Morgan fingerprint density at radius 1 is 0.900 bits per heavy atom. The number of methoxy groups -OCH3 is 2. The summed E-state index contributed by atoms with van der Waals surface area (Å²) in [5.74, 6) is -0.652. The molecule has 2 aromatic carbocycles. The Balaban J connectivity index is 1.46. The maximum absolute atomic E-state index is 14.3. The van der Waals surface area contributed by atoms with E-state index < -0.39 is 22.6 Å². The van der Waals surface area contributed by atoms with Gasteiger partial charge in [0.1, 0.15) is 36.2 Å². The van der Waals surface area contributed by atoms with E-state index in [4.69, 9.17) is 18.9 Å². The molecule has 1 aliphatic heterocycles. The quantitative estimate of drug-likeness (QED) is 0.177. The highest BCUT2D eigenvalue weighted by Crippen LogP contribution is 2.39. The SMILES string of the molecule is COc1cc(C(=O)CCC(=O)c2ccc(OC)c(C3=CS(=O)c4c(F)cccc43)n2)ccc1OCCOC(C)=O. The first-order valence-electron chi connectivity index (χ1n) is 12.2. The number of ether oxygens (including phenoxy) is 4. The van der Waals surface area contributed by atoms with E-state index in [2.05, 4.69) is 4.98 Å². The minimum Gasteiger partial charge on any atom is -0.494 e. The van der Waals surface area contributed by atoms with Crippen molar-refractivity contribution < 1.29 is 41.9 Å². The van der Waals surface area contributed by atoms with E-state index in [1.54, 1.807) is 24.3 Å². The van der Waals surface area contributed by atoms with Gasteiger partial charge in [-0.25, -0.2) is 13.6 Å². The third-order valence-corrected chi connectivity index (χ3v) is 7.28. The van der Waals surface area contributed by atoms with Crippen LogP contribution in [0.1, 0.15) is 51.9 Å². The van der Waals surface area contributed by atoms with Gasteiger partial charge in [0.25, 0.3) is 0 Å². The number of hydrogen-bond donors (Lipinski definition) is 0. The van der Waals surface area contributed by atoms with Gasteiger partial charge in [0, 0.05) is 41.9 Å². The van der Waals surface area contributed by atoms with Crippen LogP contribution < -0.4 is 14.2 Å². The summed E-state index contributed by atoms with van der Waals surface area (Å²) in [5, 5.41) is 1.38. The van der Waals surface area contributed by atoms with Crippen molar-refractivity contribution in [3.05, 3.63) is 82.3 Å². The fourth-order valence-corrected chi connectivity index (χ4v) is 5.32. The van der Waals surface area contributed by atoms with Crippen LogP contribution in [0.15, 0.2) is 58.8 Å². The molecule has 9 nitrogen and oxygen atoms in total. The van der Waals surface area contributed by atoms with Gasteiger partial charge in [0.05, 0.1) is 29.9 Å². The first-order valence-corrected chi connectivity index (χ1v) is 13.4. The summed E-state index contributed by atoms with van der Waals surface area (Å²) in [6.07, 6.45) is -0.199. The third-order valence-electron chi connectivity index (χ3n) is 6.01. The number of halogens is 1. The van der Waals surface area contributed by atoms with Crippen LogP contribution in [-0.2, 0) is 20.3 Å². The number of Topliss-reactive ketones (excluding diaryl/α,β-unsaturated/α-hetero) is 2. The molecule has 4 rings (SSSR count). The summed E-state index contributed by atoms with van der Waals surface area (Å²) in [4.78, 5) is 41.2. The summed E-state index contributed by atoms with van der Waals surface area (Å²) in [6.45, 7) is 1.48. The minimum absolute atomic E-state index is 0.0555. The van der Waals surface area contributed by atoms with Crippen LogP contribution in [0, 0.1) is 5.82 Å². The maximum atomic E-state index is 14.3. The third kappa shape index (κ3) is 6.26. The second-order valence-corrected chi connectivity index (χ2v) is 9.83. The van der Waals surface area contributed by atoms with Gasteiger partial charge in [0.2, 0.25) is 0 Å². The van der Waals surface area contributed by atoms with E-state index in [0.29, 0.717) is 33.9 Å². The normalized spacial score (nSPS) is 13.7. The van der Waals surface area contributed by atoms with Crippen molar-refractivity contribution in [2.45, 2.75) is 24.7 Å². The van der Waals surface area contributed by atoms with Gasteiger partial charge in [-0.3, -0.25) is 14.4 Å². The van der Waals surface area contributed by atoms with Crippen molar-refractivity contribution >= 4 is 33.9 Å². The highest BCUT2D eigenvalue weighted by atomic mass is 32.2. The Morgan fingerprint density at radius 3 is 2.35 bits per heavy atom. The average molecular weight is 568 g/mol. The highest BCUT2D eigenvalue weighted by Gasteiger charge is 2.28. The van der Waals surface area contributed by atoms with E-state index in [-0.39, 0.29) is 53.9 Å². The van der Waals surface area contributed by atoms with Gasteiger partial charge < -0.3 is 18.9 Å². The predicted octanol–water partition coefficient (Wildman–Crippen LogP) is 4.54. The number of fused-ring (bicyclic) bond motifs is 1. The monoisotopic (exact) mass is 567 g/mol. The number of rotatable bonds is 12. The van der Waals surface area contributed by atoms with Crippen LogP contribution in [0.4, 0.5) is 4.39 Å². The molecule has 0 saturated carbocycles. The standard InChI is InChI=1S/C29H26FNO8S/c1-17(32)38-13-14-39-25-11-7-18(15-27(25)37-3)23(33)9-10-24(34)22-8-12-26(36-2)28(31-22)20-16-40(35)29-19(20)5-4-6-21(29)30/h4-8,11-12,15-16H,9-10,13-14H2,1-3H3.